The highest BCUT2D eigenvalue weighted by atomic mass is 35.5. The van der Waals surface area contributed by atoms with E-state index in [9.17, 15) is 4.79 Å². The predicted octanol–water partition coefficient (Wildman–Crippen LogP) is 4.60. The van der Waals surface area contributed by atoms with Crippen LogP contribution in [-0.2, 0) is 4.79 Å². The summed E-state index contributed by atoms with van der Waals surface area (Å²) in [5.74, 6) is -0.389. The van der Waals surface area contributed by atoms with E-state index < -0.39 is 4.87 Å². The van der Waals surface area contributed by atoms with Crippen molar-refractivity contribution in [2.75, 3.05) is 5.32 Å². The van der Waals surface area contributed by atoms with E-state index in [4.69, 9.17) is 46.4 Å². The number of hydrogen-bond acceptors (Lipinski definition) is 1. The van der Waals surface area contributed by atoms with E-state index in [1.807, 2.05) is 0 Å². The van der Waals surface area contributed by atoms with Crippen LogP contribution in [0.4, 0.5) is 5.69 Å². The van der Waals surface area contributed by atoms with Gasteiger partial charge in [0.05, 0.1) is 15.7 Å². The number of nitrogens with one attached hydrogen (secondary N) is 1. The fourth-order valence-corrected chi connectivity index (χ4v) is 1.88. The molecular weight excluding hydrogens is 292 g/mol. The Hall–Kier alpha value is -0.150. The average Bonchev–Trinajstić information content (AvgIpc) is 2.08. The maximum Gasteiger partial charge on any atom is 0.245 e. The summed E-state index contributed by atoms with van der Waals surface area (Å²) in [5, 5.41) is 3.49. The van der Waals surface area contributed by atoms with Gasteiger partial charge in [-0.25, -0.2) is 0 Å². The monoisotopic (exact) mass is 299 g/mol. The molecule has 0 saturated carbocycles. The van der Waals surface area contributed by atoms with Crippen LogP contribution in [-0.4, -0.2) is 10.8 Å². The highest BCUT2D eigenvalue weighted by Gasteiger charge is 2.25. The van der Waals surface area contributed by atoms with E-state index in [-0.39, 0.29) is 16.0 Å². The van der Waals surface area contributed by atoms with Gasteiger partial charge in [0.2, 0.25) is 5.91 Å². The molecule has 0 aliphatic heterocycles. The molecule has 0 saturated heterocycles. The number of carbonyl (C=O) groups is 1. The molecule has 6 heteroatoms. The average molecular weight is 301 g/mol. The molecule has 2 nitrogen and oxygen atoms in total. The molecule has 1 aromatic rings. The van der Waals surface area contributed by atoms with Crippen LogP contribution in [0, 0.1) is 0 Å². The first-order valence-corrected chi connectivity index (χ1v) is 5.88. The Morgan fingerprint density at radius 1 is 1.19 bits per heavy atom. The van der Waals surface area contributed by atoms with Crippen LogP contribution in [0.25, 0.3) is 0 Å². The van der Waals surface area contributed by atoms with Gasteiger partial charge in [-0.15, -0.1) is 11.6 Å². The summed E-state index contributed by atoms with van der Waals surface area (Å²) in [6.07, 6.45) is 0. The standard InChI is InChI=1S/C10H9Cl4NO/c1-10(2,14)9(16)15-8-6(12)3-5(11)4-7(8)13/h3-4H,1-2H3,(H,15,16). The van der Waals surface area contributed by atoms with Gasteiger partial charge in [0.25, 0.3) is 0 Å². The fourth-order valence-electron chi connectivity index (χ4n) is 0.924. The second-order valence-electron chi connectivity index (χ2n) is 3.67. The number of benzene rings is 1. The first kappa shape index (κ1) is 13.9. The molecule has 0 aliphatic carbocycles. The van der Waals surface area contributed by atoms with Crippen LogP contribution in [0.5, 0.6) is 0 Å². The lowest BCUT2D eigenvalue weighted by molar-refractivity contribution is -0.117. The number of rotatable bonds is 2. The molecule has 1 aromatic carbocycles. The van der Waals surface area contributed by atoms with E-state index in [1.165, 1.54) is 12.1 Å². The number of hydrogen-bond donors (Lipinski definition) is 1. The number of alkyl halides is 1. The summed E-state index contributed by atoms with van der Waals surface area (Å²) < 4.78 is 0. The Morgan fingerprint density at radius 3 is 2.00 bits per heavy atom. The van der Waals surface area contributed by atoms with E-state index in [0.717, 1.165) is 0 Å². The molecule has 16 heavy (non-hydrogen) atoms. The lowest BCUT2D eigenvalue weighted by Crippen LogP contribution is -2.31. The summed E-state index contributed by atoms with van der Waals surface area (Å²) in [5.41, 5.74) is 0.312. The van der Waals surface area contributed by atoms with Crippen LogP contribution < -0.4 is 5.32 Å². The predicted molar refractivity (Wildman–Crippen MR) is 70.0 cm³/mol. The molecule has 0 aliphatic rings. The smallest absolute Gasteiger partial charge is 0.245 e. The number of anilines is 1. The van der Waals surface area contributed by atoms with Gasteiger partial charge in [-0.3, -0.25) is 4.79 Å². The molecule has 0 radical (unpaired) electrons. The highest BCUT2D eigenvalue weighted by molar-refractivity contribution is 6.43. The molecule has 1 N–H and O–H groups in total. The third-order valence-corrected chi connectivity index (χ3v) is 2.77. The van der Waals surface area contributed by atoms with Crippen molar-refractivity contribution in [3.8, 4) is 0 Å². The molecular formula is C10H9Cl4NO. The minimum atomic E-state index is -1.04. The second kappa shape index (κ2) is 5.01. The Bertz CT molecular complexity index is 402. The van der Waals surface area contributed by atoms with Gasteiger partial charge in [0.1, 0.15) is 4.87 Å². The Kier molecular flexibility index (Phi) is 4.35. The highest BCUT2D eigenvalue weighted by Crippen LogP contribution is 2.34. The molecule has 0 unspecified atom stereocenters. The molecule has 1 amide bonds. The van der Waals surface area contributed by atoms with Crippen molar-refractivity contribution >= 4 is 58.0 Å². The van der Waals surface area contributed by atoms with Gasteiger partial charge < -0.3 is 5.32 Å². The lowest BCUT2D eigenvalue weighted by Gasteiger charge is -2.17. The van der Waals surface area contributed by atoms with Gasteiger partial charge in [0, 0.05) is 5.02 Å². The Labute approximate surface area is 114 Å². The molecule has 0 heterocycles. The van der Waals surface area contributed by atoms with Crippen LogP contribution in [0.1, 0.15) is 13.8 Å². The summed E-state index contributed by atoms with van der Waals surface area (Å²) in [7, 11) is 0. The van der Waals surface area contributed by atoms with Crippen LogP contribution in [0.15, 0.2) is 12.1 Å². The maximum atomic E-state index is 11.6. The summed E-state index contributed by atoms with van der Waals surface area (Å²) in [6, 6.07) is 2.98. The number of amides is 1. The van der Waals surface area contributed by atoms with Gasteiger partial charge >= 0.3 is 0 Å². The largest absolute Gasteiger partial charge is 0.322 e. The third-order valence-electron chi connectivity index (χ3n) is 1.79. The maximum absolute atomic E-state index is 11.6. The van der Waals surface area contributed by atoms with Crippen molar-refractivity contribution in [3.05, 3.63) is 27.2 Å². The molecule has 0 aromatic heterocycles. The van der Waals surface area contributed by atoms with E-state index in [1.54, 1.807) is 13.8 Å². The zero-order valence-corrected chi connectivity index (χ0v) is 11.6. The molecule has 88 valence electrons. The van der Waals surface area contributed by atoms with Gasteiger partial charge in [-0.05, 0) is 26.0 Å². The Balaban J connectivity index is 3.03. The van der Waals surface area contributed by atoms with E-state index in [2.05, 4.69) is 5.32 Å². The first-order chi connectivity index (χ1) is 7.21. The van der Waals surface area contributed by atoms with Crippen molar-refractivity contribution in [1.29, 1.82) is 0 Å². The van der Waals surface area contributed by atoms with Gasteiger partial charge in [-0.2, -0.15) is 0 Å². The van der Waals surface area contributed by atoms with Gasteiger partial charge in [0.15, 0.2) is 0 Å². The van der Waals surface area contributed by atoms with Gasteiger partial charge in [-0.1, -0.05) is 34.8 Å². The zero-order chi connectivity index (χ0) is 12.5. The lowest BCUT2D eigenvalue weighted by atomic mass is 10.2. The van der Waals surface area contributed by atoms with E-state index in [0.29, 0.717) is 10.7 Å². The molecule has 1 rings (SSSR count). The first-order valence-electron chi connectivity index (χ1n) is 4.36. The SMILES string of the molecule is CC(C)(Cl)C(=O)Nc1c(Cl)cc(Cl)cc1Cl. The van der Waals surface area contributed by atoms with Crippen molar-refractivity contribution in [2.45, 2.75) is 18.7 Å². The summed E-state index contributed by atoms with van der Waals surface area (Å²) >= 11 is 23.4. The quantitative estimate of drug-likeness (QED) is 0.794. The zero-order valence-electron chi connectivity index (χ0n) is 8.57. The molecule has 0 fully saturated rings. The van der Waals surface area contributed by atoms with Crippen molar-refractivity contribution in [3.63, 3.8) is 0 Å². The van der Waals surface area contributed by atoms with Crippen molar-refractivity contribution < 1.29 is 4.79 Å². The van der Waals surface area contributed by atoms with Crippen LogP contribution in [0.3, 0.4) is 0 Å². The fraction of sp³-hybridized carbons (Fsp3) is 0.300. The summed E-state index contributed by atoms with van der Waals surface area (Å²) in [6.45, 7) is 3.14. The minimum Gasteiger partial charge on any atom is -0.322 e. The molecule has 0 atom stereocenters. The van der Waals surface area contributed by atoms with Crippen molar-refractivity contribution in [1.82, 2.24) is 0 Å². The van der Waals surface area contributed by atoms with Crippen molar-refractivity contribution in [2.24, 2.45) is 0 Å². The topological polar surface area (TPSA) is 29.1 Å². The van der Waals surface area contributed by atoms with Crippen LogP contribution >= 0.6 is 46.4 Å². The molecule has 0 bridgehead atoms. The normalized spacial score (nSPS) is 11.4. The number of carbonyl (C=O) groups excluding carboxylic acids is 1. The molecule has 0 spiro atoms. The third kappa shape index (κ3) is 3.42. The van der Waals surface area contributed by atoms with Crippen LogP contribution in [0.2, 0.25) is 15.1 Å². The minimum absolute atomic E-state index is 0.270. The Morgan fingerprint density at radius 2 is 1.62 bits per heavy atom. The second-order valence-corrected chi connectivity index (χ2v) is 5.87. The summed E-state index contributed by atoms with van der Waals surface area (Å²) in [4.78, 5) is 10.6. The number of halogens is 4. The van der Waals surface area contributed by atoms with E-state index >= 15 is 0 Å².